The summed E-state index contributed by atoms with van der Waals surface area (Å²) in [5, 5.41) is 4.02. The molecular weight excluding hydrogens is 234 g/mol. The third kappa shape index (κ3) is 3.51. The Bertz CT molecular complexity index is 482. The fourth-order valence-electron chi connectivity index (χ4n) is 1.49. The molecule has 4 heteroatoms. The van der Waals surface area contributed by atoms with Gasteiger partial charge >= 0.3 is 0 Å². The third-order valence-corrected chi connectivity index (χ3v) is 2.81. The van der Waals surface area contributed by atoms with E-state index in [0.29, 0.717) is 5.02 Å². The minimum atomic E-state index is 0.696. The monoisotopic (exact) mass is 247 g/mol. The van der Waals surface area contributed by atoms with E-state index in [0.717, 1.165) is 24.3 Å². The highest BCUT2D eigenvalue weighted by Gasteiger charge is 1.99. The molecule has 2 aromatic heterocycles. The van der Waals surface area contributed by atoms with Gasteiger partial charge < -0.3 is 5.32 Å². The van der Waals surface area contributed by atoms with E-state index in [-0.39, 0.29) is 0 Å². The Labute approximate surface area is 106 Å². The maximum absolute atomic E-state index is 6.01. The van der Waals surface area contributed by atoms with E-state index >= 15 is 0 Å². The van der Waals surface area contributed by atoms with Crippen molar-refractivity contribution in [2.24, 2.45) is 0 Å². The molecule has 0 bridgehead atoms. The number of hydrogen-bond acceptors (Lipinski definition) is 3. The molecule has 2 rings (SSSR count). The Hall–Kier alpha value is -1.45. The van der Waals surface area contributed by atoms with Crippen molar-refractivity contribution in [2.75, 3.05) is 0 Å². The lowest BCUT2D eigenvalue weighted by atomic mass is 10.2. The van der Waals surface area contributed by atoms with E-state index in [2.05, 4.69) is 21.4 Å². The second kappa shape index (κ2) is 5.75. The van der Waals surface area contributed by atoms with Crippen LogP contribution in [0.3, 0.4) is 0 Å². The molecule has 0 saturated carbocycles. The summed E-state index contributed by atoms with van der Waals surface area (Å²) in [6, 6.07) is 6.00. The summed E-state index contributed by atoms with van der Waals surface area (Å²) < 4.78 is 0. The first-order valence-electron chi connectivity index (χ1n) is 5.46. The molecule has 2 aromatic rings. The zero-order valence-electron chi connectivity index (χ0n) is 9.65. The van der Waals surface area contributed by atoms with Crippen molar-refractivity contribution in [3.8, 4) is 0 Å². The normalized spacial score (nSPS) is 10.5. The summed E-state index contributed by atoms with van der Waals surface area (Å²) in [4.78, 5) is 8.20. The van der Waals surface area contributed by atoms with Gasteiger partial charge in [-0.2, -0.15) is 0 Å². The summed E-state index contributed by atoms with van der Waals surface area (Å²) in [5.41, 5.74) is 3.26. The predicted molar refractivity (Wildman–Crippen MR) is 68.8 cm³/mol. The van der Waals surface area contributed by atoms with Crippen LogP contribution in [0.25, 0.3) is 0 Å². The number of nitrogens with zero attached hydrogens (tertiary/aromatic N) is 2. The number of aromatic nitrogens is 2. The average Bonchev–Trinajstić information content (AvgIpc) is 2.34. The van der Waals surface area contributed by atoms with Crippen LogP contribution in [0.5, 0.6) is 0 Å². The van der Waals surface area contributed by atoms with Gasteiger partial charge in [-0.05, 0) is 30.2 Å². The Morgan fingerprint density at radius 2 is 2.06 bits per heavy atom. The molecule has 88 valence electrons. The highest BCUT2D eigenvalue weighted by molar-refractivity contribution is 6.31. The van der Waals surface area contributed by atoms with Crippen LogP contribution >= 0.6 is 11.6 Å². The zero-order valence-corrected chi connectivity index (χ0v) is 10.4. The van der Waals surface area contributed by atoms with Crippen molar-refractivity contribution in [3.63, 3.8) is 0 Å². The van der Waals surface area contributed by atoms with Crippen LogP contribution in [0.1, 0.15) is 16.8 Å². The van der Waals surface area contributed by atoms with Gasteiger partial charge in [-0.1, -0.05) is 17.7 Å². The largest absolute Gasteiger partial charge is 0.309 e. The smallest absolute Gasteiger partial charge is 0.0634 e. The molecule has 0 aliphatic heterocycles. The van der Waals surface area contributed by atoms with Gasteiger partial charge in [0.2, 0.25) is 0 Å². The lowest BCUT2D eigenvalue weighted by Gasteiger charge is -2.06. The summed E-state index contributed by atoms with van der Waals surface area (Å²) in [7, 11) is 0. The van der Waals surface area contributed by atoms with Gasteiger partial charge in [-0.25, -0.2) is 0 Å². The fourth-order valence-corrected chi connectivity index (χ4v) is 1.68. The molecule has 3 nitrogen and oxygen atoms in total. The number of aryl methyl sites for hydroxylation is 1. The molecule has 0 atom stereocenters. The molecule has 1 N–H and O–H groups in total. The van der Waals surface area contributed by atoms with Crippen LogP contribution in [0.2, 0.25) is 5.02 Å². The first-order chi connectivity index (χ1) is 8.25. The van der Waals surface area contributed by atoms with E-state index in [1.165, 1.54) is 5.56 Å². The Balaban J connectivity index is 1.88. The van der Waals surface area contributed by atoms with E-state index in [4.69, 9.17) is 11.6 Å². The average molecular weight is 248 g/mol. The van der Waals surface area contributed by atoms with Gasteiger partial charge in [-0.3, -0.25) is 9.97 Å². The van der Waals surface area contributed by atoms with Crippen molar-refractivity contribution in [1.82, 2.24) is 15.3 Å². The van der Waals surface area contributed by atoms with Crippen molar-refractivity contribution >= 4 is 11.6 Å². The molecule has 0 aliphatic carbocycles. The van der Waals surface area contributed by atoms with Gasteiger partial charge in [-0.15, -0.1) is 0 Å². The Kier molecular flexibility index (Phi) is 4.07. The first kappa shape index (κ1) is 12.0. The molecule has 0 fully saturated rings. The number of rotatable bonds is 4. The minimum Gasteiger partial charge on any atom is -0.309 e. The van der Waals surface area contributed by atoms with E-state index < -0.39 is 0 Å². The second-order valence-corrected chi connectivity index (χ2v) is 4.29. The van der Waals surface area contributed by atoms with Gasteiger partial charge in [0.05, 0.1) is 5.02 Å². The van der Waals surface area contributed by atoms with Crippen molar-refractivity contribution < 1.29 is 0 Å². The molecular formula is C13H14ClN3. The molecule has 0 saturated heterocycles. The second-order valence-electron chi connectivity index (χ2n) is 3.88. The highest BCUT2D eigenvalue weighted by atomic mass is 35.5. The van der Waals surface area contributed by atoms with E-state index in [1.807, 2.05) is 25.3 Å². The van der Waals surface area contributed by atoms with E-state index in [9.17, 15) is 0 Å². The predicted octanol–water partition coefficient (Wildman–Crippen LogP) is 2.73. The molecule has 2 heterocycles. The standard InChI is InChI=1S/C13H14ClN3/c1-10-2-3-11(7-17-10)6-16-8-12-4-5-15-9-13(12)14/h2-5,7,9,16H,6,8H2,1H3. The van der Waals surface area contributed by atoms with Crippen LogP contribution in [-0.2, 0) is 13.1 Å². The summed E-state index contributed by atoms with van der Waals surface area (Å²) in [5.74, 6) is 0. The molecule has 0 radical (unpaired) electrons. The van der Waals surface area contributed by atoms with Crippen LogP contribution in [-0.4, -0.2) is 9.97 Å². The molecule has 0 amide bonds. The summed E-state index contributed by atoms with van der Waals surface area (Å²) >= 11 is 6.01. The topological polar surface area (TPSA) is 37.8 Å². The van der Waals surface area contributed by atoms with E-state index in [1.54, 1.807) is 12.4 Å². The van der Waals surface area contributed by atoms with Crippen LogP contribution < -0.4 is 5.32 Å². The van der Waals surface area contributed by atoms with Crippen molar-refractivity contribution in [3.05, 3.63) is 58.6 Å². The van der Waals surface area contributed by atoms with Crippen molar-refractivity contribution in [2.45, 2.75) is 20.0 Å². The van der Waals surface area contributed by atoms with Gasteiger partial charge in [0, 0.05) is 37.4 Å². The van der Waals surface area contributed by atoms with Crippen molar-refractivity contribution in [1.29, 1.82) is 0 Å². The maximum atomic E-state index is 6.01. The Morgan fingerprint density at radius 1 is 1.18 bits per heavy atom. The Morgan fingerprint density at radius 3 is 2.76 bits per heavy atom. The van der Waals surface area contributed by atoms with Gasteiger partial charge in [0.15, 0.2) is 0 Å². The molecule has 17 heavy (non-hydrogen) atoms. The van der Waals surface area contributed by atoms with Crippen LogP contribution in [0.4, 0.5) is 0 Å². The number of pyridine rings is 2. The number of nitrogens with one attached hydrogen (secondary N) is 1. The summed E-state index contributed by atoms with van der Waals surface area (Å²) in [6.45, 7) is 3.50. The number of hydrogen-bond donors (Lipinski definition) is 1. The minimum absolute atomic E-state index is 0.696. The molecule has 0 aliphatic rings. The van der Waals surface area contributed by atoms with Gasteiger partial charge in [0.25, 0.3) is 0 Å². The third-order valence-electron chi connectivity index (χ3n) is 2.47. The molecule has 0 unspecified atom stereocenters. The number of halogens is 1. The molecule has 0 spiro atoms. The highest BCUT2D eigenvalue weighted by Crippen LogP contribution is 2.12. The SMILES string of the molecule is Cc1ccc(CNCc2ccncc2Cl)cn1. The zero-order chi connectivity index (χ0) is 12.1. The quantitative estimate of drug-likeness (QED) is 0.903. The first-order valence-corrected chi connectivity index (χ1v) is 5.84. The maximum Gasteiger partial charge on any atom is 0.0634 e. The van der Waals surface area contributed by atoms with Crippen LogP contribution in [0, 0.1) is 6.92 Å². The van der Waals surface area contributed by atoms with Crippen LogP contribution in [0.15, 0.2) is 36.8 Å². The lowest BCUT2D eigenvalue weighted by molar-refractivity contribution is 0.690. The molecule has 0 aromatic carbocycles. The van der Waals surface area contributed by atoms with Gasteiger partial charge in [0.1, 0.15) is 0 Å². The lowest BCUT2D eigenvalue weighted by Crippen LogP contribution is -2.13. The summed E-state index contributed by atoms with van der Waals surface area (Å²) in [6.07, 6.45) is 5.29. The fraction of sp³-hybridized carbons (Fsp3) is 0.231.